The average molecular weight is 251 g/mol. The number of benzene rings is 1. The lowest BCUT2D eigenvalue weighted by molar-refractivity contribution is -0.123. The molecular weight excluding hydrogens is 244 g/mol. The Labute approximate surface area is 101 Å². The van der Waals surface area contributed by atoms with Gasteiger partial charge in [-0.05, 0) is 28.9 Å². The van der Waals surface area contributed by atoms with Crippen LogP contribution in [-0.4, -0.2) is 17.7 Å². The minimum absolute atomic E-state index is 0.0573. The summed E-state index contributed by atoms with van der Waals surface area (Å²) in [7, 11) is 0. The second-order valence-corrected chi connectivity index (χ2v) is 3.91. The molecule has 0 aliphatic carbocycles. The van der Waals surface area contributed by atoms with Crippen LogP contribution >= 0.6 is 11.6 Å². The van der Waals surface area contributed by atoms with Crippen LogP contribution in [0.15, 0.2) is 35.1 Å². The molecule has 5 nitrogen and oxygen atoms in total. The lowest BCUT2D eigenvalue weighted by Gasteiger charge is -1.97. The molecule has 1 aromatic rings. The Bertz CT molecular complexity index is 539. The lowest BCUT2D eigenvalue weighted by Crippen LogP contribution is -2.22. The van der Waals surface area contributed by atoms with Crippen molar-refractivity contribution in [2.75, 3.05) is 0 Å². The van der Waals surface area contributed by atoms with Gasteiger partial charge in [0.1, 0.15) is 0 Å². The van der Waals surface area contributed by atoms with Crippen molar-refractivity contribution in [2.24, 2.45) is 5.18 Å². The fourth-order valence-corrected chi connectivity index (χ4v) is 1.69. The quantitative estimate of drug-likeness (QED) is 0.491. The van der Waals surface area contributed by atoms with Crippen molar-refractivity contribution in [3.05, 3.63) is 45.5 Å². The number of nitrogens with zero attached hydrogens (tertiary/aromatic N) is 1. The minimum atomic E-state index is -1.47. The largest absolute Gasteiger partial charge is 0.321 e. The Morgan fingerprint density at radius 1 is 1.35 bits per heavy atom. The van der Waals surface area contributed by atoms with Crippen LogP contribution in [-0.2, 0) is 9.59 Å². The summed E-state index contributed by atoms with van der Waals surface area (Å²) in [5, 5.41) is 5.30. The van der Waals surface area contributed by atoms with Gasteiger partial charge in [0.15, 0.2) is 0 Å². The van der Waals surface area contributed by atoms with E-state index >= 15 is 0 Å². The van der Waals surface area contributed by atoms with Crippen LogP contribution in [0.25, 0.3) is 6.08 Å². The monoisotopic (exact) mass is 250 g/mol. The van der Waals surface area contributed by atoms with Crippen molar-refractivity contribution >= 4 is 29.4 Å². The van der Waals surface area contributed by atoms with Crippen molar-refractivity contribution in [1.29, 1.82) is 0 Å². The summed E-state index contributed by atoms with van der Waals surface area (Å²) in [5.74, 6) is -1.32. The number of nitroso groups, excluding NO2 is 1. The van der Waals surface area contributed by atoms with Gasteiger partial charge in [-0.15, -0.1) is 4.91 Å². The van der Waals surface area contributed by atoms with Gasteiger partial charge in [-0.3, -0.25) is 9.59 Å². The van der Waals surface area contributed by atoms with Crippen molar-refractivity contribution in [3.63, 3.8) is 0 Å². The van der Waals surface area contributed by atoms with E-state index in [0.29, 0.717) is 10.6 Å². The first-order valence-electron chi connectivity index (χ1n) is 4.76. The molecule has 1 aliphatic heterocycles. The van der Waals surface area contributed by atoms with Crippen LogP contribution in [0.4, 0.5) is 0 Å². The summed E-state index contributed by atoms with van der Waals surface area (Å²) in [6.07, 6.45) is 1.46. The van der Waals surface area contributed by atoms with Gasteiger partial charge in [0.05, 0.1) is 5.70 Å². The maximum atomic E-state index is 11.6. The molecule has 0 saturated carbocycles. The van der Waals surface area contributed by atoms with E-state index in [-0.39, 0.29) is 5.70 Å². The summed E-state index contributed by atoms with van der Waals surface area (Å²) >= 11 is 5.78. The highest BCUT2D eigenvalue weighted by Gasteiger charge is 2.38. The maximum Gasteiger partial charge on any atom is 0.261 e. The second-order valence-electron chi connectivity index (χ2n) is 3.47. The number of carbonyl (C=O) groups excluding carboxylic acids is 2. The van der Waals surface area contributed by atoms with Gasteiger partial charge < -0.3 is 5.32 Å². The van der Waals surface area contributed by atoms with Crippen LogP contribution < -0.4 is 5.32 Å². The predicted molar refractivity (Wildman–Crippen MR) is 62.2 cm³/mol. The molecule has 0 radical (unpaired) electrons. The molecule has 1 N–H and O–H groups in total. The maximum absolute atomic E-state index is 11.6. The molecule has 0 aromatic heterocycles. The molecule has 1 aliphatic rings. The minimum Gasteiger partial charge on any atom is -0.321 e. The molecule has 1 amide bonds. The third kappa shape index (κ3) is 2.24. The van der Waals surface area contributed by atoms with Gasteiger partial charge in [0.2, 0.25) is 11.8 Å². The SMILES string of the molecule is O=NC1C(=O)NC(=Cc2cccc(Cl)c2)C1=O. The Hall–Kier alpha value is -2.01. The molecule has 17 heavy (non-hydrogen) atoms. The van der Waals surface area contributed by atoms with Crippen molar-refractivity contribution in [3.8, 4) is 0 Å². The summed E-state index contributed by atoms with van der Waals surface area (Å²) < 4.78 is 0. The van der Waals surface area contributed by atoms with Gasteiger partial charge in [-0.2, -0.15) is 0 Å². The predicted octanol–water partition coefficient (Wildman–Crippen LogP) is 1.51. The van der Waals surface area contributed by atoms with E-state index < -0.39 is 17.7 Å². The zero-order valence-electron chi connectivity index (χ0n) is 8.51. The van der Waals surface area contributed by atoms with E-state index in [9.17, 15) is 14.5 Å². The number of Topliss-reactive ketones (excluding diaryl/α,β-unsaturated/α-hetero) is 1. The number of nitrogens with one attached hydrogen (secondary N) is 1. The third-order valence-corrected chi connectivity index (χ3v) is 2.52. The van der Waals surface area contributed by atoms with Crippen LogP contribution in [0.2, 0.25) is 5.02 Å². The van der Waals surface area contributed by atoms with Gasteiger partial charge in [0, 0.05) is 5.02 Å². The van der Waals surface area contributed by atoms with Crippen LogP contribution in [0.3, 0.4) is 0 Å². The number of amides is 1. The zero-order valence-corrected chi connectivity index (χ0v) is 9.27. The van der Waals surface area contributed by atoms with Crippen molar-refractivity contribution in [1.82, 2.24) is 5.32 Å². The summed E-state index contributed by atoms with van der Waals surface area (Å²) in [6, 6.07) is 5.29. The Balaban J connectivity index is 2.33. The Kier molecular flexibility index (Phi) is 3.01. The topological polar surface area (TPSA) is 75.6 Å². The molecule has 1 fully saturated rings. The summed E-state index contributed by atoms with van der Waals surface area (Å²) in [6.45, 7) is 0. The zero-order chi connectivity index (χ0) is 12.4. The summed E-state index contributed by atoms with van der Waals surface area (Å²) in [5.41, 5.74) is 0.717. The van der Waals surface area contributed by atoms with E-state index in [1.807, 2.05) is 0 Å². The summed E-state index contributed by atoms with van der Waals surface area (Å²) in [4.78, 5) is 33.0. The van der Waals surface area contributed by atoms with Crippen molar-refractivity contribution < 1.29 is 9.59 Å². The molecule has 1 atom stereocenters. The normalized spacial score (nSPS) is 21.7. The standard InChI is InChI=1S/C11H7ClN2O3/c12-7-3-1-2-6(4-7)5-8-10(15)9(14-17)11(16)13-8/h1-5,9H,(H,13,16). The van der Waals surface area contributed by atoms with Crippen LogP contribution in [0.1, 0.15) is 5.56 Å². The van der Waals surface area contributed by atoms with E-state index in [1.165, 1.54) is 6.08 Å². The molecule has 1 saturated heterocycles. The number of hydrogen-bond acceptors (Lipinski definition) is 4. The molecule has 1 heterocycles. The molecule has 2 rings (SSSR count). The molecule has 1 aromatic carbocycles. The first-order valence-corrected chi connectivity index (χ1v) is 5.14. The van der Waals surface area contributed by atoms with E-state index in [4.69, 9.17) is 11.6 Å². The fourth-order valence-electron chi connectivity index (χ4n) is 1.50. The number of carbonyl (C=O) groups is 2. The molecule has 1 unspecified atom stereocenters. The number of hydrogen-bond donors (Lipinski definition) is 1. The molecule has 86 valence electrons. The van der Waals surface area contributed by atoms with E-state index in [2.05, 4.69) is 10.5 Å². The van der Waals surface area contributed by atoms with Crippen molar-refractivity contribution in [2.45, 2.75) is 6.04 Å². The van der Waals surface area contributed by atoms with Gasteiger partial charge in [-0.1, -0.05) is 23.7 Å². The molecule has 0 bridgehead atoms. The smallest absolute Gasteiger partial charge is 0.261 e. The lowest BCUT2D eigenvalue weighted by atomic mass is 10.1. The van der Waals surface area contributed by atoms with Crippen LogP contribution in [0, 0.1) is 4.91 Å². The molecule has 0 spiro atoms. The Morgan fingerprint density at radius 3 is 2.71 bits per heavy atom. The van der Waals surface area contributed by atoms with Gasteiger partial charge in [0.25, 0.3) is 5.91 Å². The van der Waals surface area contributed by atoms with Gasteiger partial charge in [-0.25, -0.2) is 0 Å². The first-order chi connectivity index (χ1) is 8.11. The number of halogens is 1. The molecular formula is C11H7ClN2O3. The second kappa shape index (κ2) is 4.47. The Morgan fingerprint density at radius 2 is 2.12 bits per heavy atom. The highest BCUT2D eigenvalue weighted by atomic mass is 35.5. The molecule has 6 heteroatoms. The fraction of sp³-hybridized carbons (Fsp3) is 0.0909. The number of rotatable bonds is 2. The van der Waals surface area contributed by atoms with Gasteiger partial charge >= 0.3 is 0 Å². The van der Waals surface area contributed by atoms with E-state index in [0.717, 1.165) is 0 Å². The third-order valence-electron chi connectivity index (χ3n) is 2.29. The van der Waals surface area contributed by atoms with E-state index in [1.54, 1.807) is 24.3 Å². The average Bonchev–Trinajstić information content (AvgIpc) is 2.54. The number of ketones is 1. The highest BCUT2D eigenvalue weighted by Crippen LogP contribution is 2.17. The van der Waals surface area contributed by atoms with Crippen LogP contribution in [0.5, 0.6) is 0 Å². The highest BCUT2D eigenvalue weighted by molar-refractivity contribution is 6.30. The first kappa shape index (κ1) is 11.5.